The van der Waals surface area contributed by atoms with Gasteiger partial charge in [0, 0.05) is 12.1 Å². The van der Waals surface area contributed by atoms with Crippen molar-refractivity contribution in [3.8, 4) is 5.75 Å². The van der Waals surface area contributed by atoms with Crippen LogP contribution >= 0.6 is 12.4 Å². The molecule has 18 heavy (non-hydrogen) atoms. The van der Waals surface area contributed by atoms with Crippen LogP contribution in [-0.2, 0) is 10.0 Å². The number of primary sulfonamides is 1. The topological polar surface area (TPSA) is 95.4 Å². The van der Waals surface area contributed by atoms with Crippen molar-refractivity contribution in [3.05, 3.63) is 36.2 Å². The maximum atomic E-state index is 12.2. The van der Waals surface area contributed by atoms with Gasteiger partial charge in [0.15, 0.2) is 0 Å². The Balaban J connectivity index is 0.00000289. The van der Waals surface area contributed by atoms with Gasteiger partial charge in [-0.1, -0.05) is 0 Å². The lowest BCUT2D eigenvalue weighted by atomic mass is 10.3. The zero-order valence-corrected chi connectivity index (χ0v) is 11.0. The molecule has 0 aliphatic rings. The number of sulfonamides is 1. The summed E-state index contributed by atoms with van der Waals surface area (Å²) in [5, 5.41) is 4.93. The summed E-state index contributed by atoms with van der Waals surface area (Å²) < 4.78 is 39.3. The highest BCUT2D eigenvalue weighted by molar-refractivity contribution is 7.89. The molecule has 0 saturated carbocycles. The third-order valence-corrected chi connectivity index (χ3v) is 2.92. The average Bonchev–Trinajstić information content (AvgIpc) is 2.30. The summed E-state index contributed by atoms with van der Waals surface area (Å²) in [6.45, 7) is 0.0769. The molecule has 4 N–H and O–H groups in total. The van der Waals surface area contributed by atoms with Crippen LogP contribution in [0.15, 0.2) is 41.1 Å². The third kappa shape index (κ3) is 5.01. The predicted molar refractivity (Wildman–Crippen MR) is 68.8 cm³/mol. The SMILES string of the molecule is Cl.NCC(=CF)COc1ccc(S(N)(=O)=O)cc1. The fourth-order valence-corrected chi connectivity index (χ4v) is 1.55. The number of hydrogen-bond donors (Lipinski definition) is 2. The van der Waals surface area contributed by atoms with E-state index in [0.717, 1.165) is 0 Å². The van der Waals surface area contributed by atoms with Crippen LogP contribution in [0, 0.1) is 0 Å². The van der Waals surface area contributed by atoms with Crippen molar-refractivity contribution in [2.24, 2.45) is 10.9 Å². The van der Waals surface area contributed by atoms with Gasteiger partial charge in [-0.3, -0.25) is 0 Å². The highest BCUT2D eigenvalue weighted by Gasteiger charge is 2.07. The molecule has 0 saturated heterocycles. The van der Waals surface area contributed by atoms with Crippen molar-refractivity contribution in [3.63, 3.8) is 0 Å². The van der Waals surface area contributed by atoms with E-state index in [0.29, 0.717) is 17.7 Å². The summed E-state index contributed by atoms with van der Waals surface area (Å²) >= 11 is 0. The predicted octanol–water partition coefficient (Wildman–Crippen LogP) is 0.947. The van der Waals surface area contributed by atoms with E-state index in [-0.39, 0.29) is 30.5 Å². The van der Waals surface area contributed by atoms with E-state index in [1.54, 1.807) is 0 Å². The molecule has 0 aromatic heterocycles. The molecule has 0 fully saturated rings. The molecule has 0 aliphatic heterocycles. The van der Waals surface area contributed by atoms with Crippen LogP contribution in [0.5, 0.6) is 5.75 Å². The molecule has 0 spiro atoms. The molecule has 0 unspecified atom stereocenters. The van der Waals surface area contributed by atoms with Crippen LogP contribution < -0.4 is 15.6 Å². The molecular weight excluding hydrogens is 283 g/mol. The zero-order chi connectivity index (χ0) is 12.9. The summed E-state index contributed by atoms with van der Waals surface area (Å²) in [6.07, 6.45) is 0.388. The van der Waals surface area contributed by atoms with Gasteiger partial charge in [0.1, 0.15) is 12.4 Å². The first-order valence-electron chi connectivity index (χ1n) is 4.71. The molecule has 102 valence electrons. The molecule has 1 rings (SSSR count). The monoisotopic (exact) mass is 296 g/mol. The van der Waals surface area contributed by atoms with Gasteiger partial charge in [-0.25, -0.2) is 17.9 Å². The molecule has 0 radical (unpaired) electrons. The normalized spacial score (nSPS) is 11.8. The van der Waals surface area contributed by atoms with Crippen molar-refractivity contribution >= 4 is 22.4 Å². The van der Waals surface area contributed by atoms with Gasteiger partial charge in [-0.15, -0.1) is 12.4 Å². The van der Waals surface area contributed by atoms with Gasteiger partial charge in [-0.05, 0) is 24.3 Å². The highest BCUT2D eigenvalue weighted by atomic mass is 35.5. The van der Waals surface area contributed by atoms with Gasteiger partial charge in [0.05, 0.1) is 11.2 Å². The summed E-state index contributed by atoms with van der Waals surface area (Å²) in [7, 11) is -3.71. The van der Waals surface area contributed by atoms with E-state index in [4.69, 9.17) is 15.6 Å². The fourth-order valence-electron chi connectivity index (χ4n) is 1.04. The number of rotatable bonds is 5. The van der Waals surface area contributed by atoms with Crippen LogP contribution in [0.25, 0.3) is 0 Å². The Kier molecular flexibility index (Phi) is 6.85. The zero-order valence-electron chi connectivity index (χ0n) is 9.37. The van der Waals surface area contributed by atoms with Gasteiger partial charge in [0.2, 0.25) is 10.0 Å². The minimum atomic E-state index is -3.71. The molecule has 0 atom stereocenters. The van der Waals surface area contributed by atoms with Gasteiger partial charge >= 0.3 is 0 Å². The largest absolute Gasteiger partial charge is 0.489 e. The van der Waals surface area contributed by atoms with Crippen molar-refractivity contribution < 1.29 is 17.5 Å². The summed E-state index contributed by atoms with van der Waals surface area (Å²) in [5.74, 6) is 0.408. The standard InChI is InChI=1S/C10H13FN2O3S.ClH/c11-5-8(6-12)7-16-9-1-3-10(4-2-9)17(13,14)15;/h1-5H,6-7,12H2,(H2,13,14,15);1H. The first-order chi connectivity index (χ1) is 7.97. The van der Waals surface area contributed by atoms with E-state index in [2.05, 4.69) is 0 Å². The van der Waals surface area contributed by atoms with E-state index >= 15 is 0 Å². The second-order valence-electron chi connectivity index (χ2n) is 3.28. The lowest BCUT2D eigenvalue weighted by Crippen LogP contribution is -2.12. The highest BCUT2D eigenvalue weighted by Crippen LogP contribution is 2.15. The number of ether oxygens (including phenoxy) is 1. The second kappa shape index (κ2) is 7.32. The summed E-state index contributed by atoms with van der Waals surface area (Å²) in [6, 6.07) is 5.50. The Morgan fingerprint density at radius 3 is 2.28 bits per heavy atom. The molecule has 0 amide bonds. The Bertz CT molecular complexity index is 502. The van der Waals surface area contributed by atoms with Crippen molar-refractivity contribution in [1.29, 1.82) is 0 Å². The molecule has 8 heteroatoms. The molecular formula is C10H14ClFN2O3S. The van der Waals surface area contributed by atoms with Crippen LogP contribution in [0.2, 0.25) is 0 Å². The minimum absolute atomic E-state index is 0. The van der Waals surface area contributed by atoms with Gasteiger partial charge in [-0.2, -0.15) is 0 Å². The lowest BCUT2D eigenvalue weighted by Gasteiger charge is -2.07. The second-order valence-corrected chi connectivity index (χ2v) is 4.84. The van der Waals surface area contributed by atoms with Crippen LogP contribution in [0.1, 0.15) is 0 Å². The summed E-state index contributed by atoms with van der Waals surface area (Å²) in [4.78, 5) is -0.00932. The molecule has 1 aromatic rings. The molecule has 0 heterocycles. The molecule has 0 bridgehead atoms. The van der Waals surface area contributed by atoms with Gasteiger partial charge in [0.25, 0.3) is 0 Å². The Labute approximate surface area is 111 Å². The van der Waals surface area contributed by atoms with Crippen molar-refractivity contribution in [2.45, 2.75) is 4.90 Å². The first kappa shape index (κ1) is 16.9. The average molecular weight is 297 g/mol. The maximum absolute atomic E-state index is 12.2. The van der Waals surface area contributed by atoms with Crippen molar-refractivity contribution in [2.75, 3.05) is 13.2 Å². The van der Waals surface area contributed by atoms with E-state index in [1.807, 2.05) is 0 Å². The smallest absolute Gasteiger partial charge is 0.238 e. The third-order valence-electron chi connectivity index (χ3n) is 1.99. The number of hydrogen-bond acceptors (Lipinski definition) is 4. The number of nitrogens with two attached hydrogens (primary N) is 2. The number of halogens is 2. The number of benzene rings is 1. The minimum Gasteiger partial charge on any atom is -0.489 e. The molecule has 1 aromatic carbocycles. The molecule has 5 nitrogen and oxygen atoms in total. The van der Waals surface area contributed by atoms with Crippen LogP contribution in [0.4, 0.5) is 4.39 Å². The van der Waals surface area contributed by atoms with E-state index < -0.39 is 10.0 Å². The van der Waals surface area contributed by atoms with Crippen LogP contribution in [-0.4, -0.2) is 21.6 Å². The summed E-state index contributed by atoms with van der Waals surface area (Å²) in [5.41, 5.74) is 5.55. The Morgan fingerprint density at radius 1 is 1.33 bits per heavy atom. The maximum Gasteiger partial charge on any atom is 0.238 e. The van der Waals surface area contributed by atoms with Gasteiger partial charge < -0.3 is 10.5 Å². The van der Waals surface area contributed by atoms with E-state index in [1.165, 1.54) is 24.3 Å². The molecule has 0 aliphatic carbocycles. The fraction of sp³-hybridized carbons (Fsp3) is 0.200. The quantitative estimate of drug-likeness (QED) is 0.845. The first-order valence-corrected chi connectivity index (χ1v) is 6.26. The van der Waals surface area contributed by atoms with Crippen molar-refractivity contribution in [1.82, 2.24) is 0 Å². The lowest BCUT2D eigenvalue weighted by molar-refractivity contribution is 0.347. The Morgan fingerprint density at radius 2 is 1.89 bits per heavy atom. The van der Waals surface area contributed by atoms with Crippen LogP contribution in [0.3, 0.4) is 0 Å². The van der Waals surface area contributed by atoms with E-state index in [9.17, 15) is 12.8 Å². The Hall–Kier alpha value is -1.15.